The number of aliphatic hydroxyl groups is 1. The molecular weight excluding hydrogens is 390 g/mol. The van der Waals surface area contributed by atoms with Crippen molar-refractivity contribution in [2.24, 2.45) is 0 Å². The van der Waals surface area contributed by atoms with Gasteiger partial charge in [-0.15, -0.1) is 0 Å². The highest BCUT2D eigenvalue weighted by Crippen LogP contribution is 2.48. The van der Waals surface area contributed by atoms with Crippen molar-refractivity contribution in [1.82, 2.24) is 15.0 Å². The topological polar surface area (TPSA) is 79.5 Å². The van der Waals surface area contributed by atoms with Crippen LogP contribution in [-0.4, -0.2) is 45.8 Å². The standard InChI is InChI=1S/C22H20ClN3O3/c23-18-7-2-1-4-16(18)21-24-20(25-29-21)15-5-3-6-17-14(15)8-9-22(17)12-19(28)26(13-22)10-11-27/h1-7,27H,8-13H2/t22-/m0/s1. The number of carbonyl (C=O) groups is 1. The van der Waals surface area contributed by atoms with Crippen LogP contribution in [0.2, 0.25) is 5.02 Å². The van der Waals surface area contributed by atoms with E-state index in [1.807, 2.05) is 30.3 Å². The molecule has 0 saturated carbocycles. The highest BCUT2D eigenvalue weighted by atomic mass is 35.5. The molecule has 0 bridgehead atoms. The van der Waals surface area contributed by atoms with E-state index in [1.54, 1.807) is 11.0 Å². The van der Waals surface area contributed by atoms with Crippen molar-refractivity contribution in [2.45, 2.75) is 24.7 Å². The van der Waals surface area contributed by atoms with Gasteiger partial charge < -0.3 is 14.5 Å². The number of fused-ring (bicyclic) bond motifs is 2. The second kappa shape index (κ2) is 6.97. The van der Waals surface area contributed by atoms with Gasteiger partial charge in [0.25, 0.3) is 5.89 Å². The van der Waals surface area contributed by atoms with E-state index in [4.69, 9.17) is 16.1 Å². The summed E-state index contributed by atoms with van der Waals surface area (Å²) in [4.78, 5) is 18.8. The molecule has 1 aliphatic carbocycles. The van der Waals surface area contributed by atoms with Gasteiger partial charge in [0.05, 0.1) is 17.2 Å². The zero-order valence-electron chi connectivity index (χ0n) is 15.8. The van der Waals surface area contributed by atoms with Gasteiger partial charge in [-0.05, 0) is 36.1 Å². The predicted molar refractivity (Wildman–Crippen MR) is 108 cm³/mol. The number of hydrogen-bond acceptors (Lipinski definition) is 5. The number of carbonyl (C=O) groups excluding carboxylic acids is 1. The number of aromatic nitrogens is 2. The summed E-state index contributed by atoms with van der Waals surface area (Å²) < 4.78 is 5.49. The maximum absolute atomic E-state index is 12.4. The number of amides is 1. The Morgan fingerprint density at radius 3 is 2.83 bits per heavy atom. The van der Waals surface area contributed by atoms with Crippen LogP contribution in [0.15, 0.2) is 47.0 Å². The molecule has 0 unspecified atom stereocenters. The summed E-state index contributed by atoms with van der Waals surface area (Å²) in [6, 6.07) is 13.5. The predicted octanol–water partition coefficient (Wildman–Crippen LogP) is 3.47. The molecule has 1 spiro atoms. The molecule has 6 nitrogen and oxygen atoms in total. The Morgan fingerprint density at radius 1 is 1.17 bits per heavy atom. The number of halogens is 1. The number of hydrogen-bond donors (Lipinski definition) is 1. The summed E-state index contributed by atoms with van der Waals surface area (Å²) in [7, 11) is 0. The molecule has 7 heteroatoms. The lowest BCUT2D eigenvalue weighted by molar-refractivity contribution is -0.128. The second-order valence-corrected chi connectivity index (χ2v) is 8.14. The minimum absolute atomic E-state index is 0.0115. The Balaban J connectivity index is 1.52. The SMILES string of the molecule is O=C1C[C@@]2(CCc3c(-c4noc(-c5ccccc5Cl)n4)cccc32)CN1CCO. The number of aliphatic hydroxyl groups excluding tert-OH is 1. The third-order valence-electron chi connectivity index (χ3n) is 6.08. The Kier molecular flexibility index (Phi) is 4.41. The lowest BCUT2D eigenvalue weighted by atomic mass is 9.80. The van der Waals surface area contributed by atoms with Crippen molar-refractivity contribution in [2.75, 3.05) is 19.7 Å². The fourth-order valence-electron chi connectivity index (χ4n) is 4.72. The van der Waals surface area contributed by atoms with Gasteiger partial charge in [-0.3, -0.25) is 4.79 Å². The first kappa shape index (κ1) is 18.3. The van der Waals surface area contributed by atoms with Crippen LogP contribution in [0.25, 0.3) is 22.8 Å². The van der Waals surface area contributed by atoms with Crippen LogP contribution in [0.1, 0.15) is 24.0 Å². The van der Waals surface area contributed by atoms with E-state index >= 15 is 0 Å². The maximum Gasteiger partial charge on any atom is 0.259 e. The second-order valence-electron chi connectivity index (χ2n) is 7.73. The van der Waals surface area contributed by atoms with E-state index in [2.05, 4.69) is 16.2 Å². The smallest absolute Gasteiger partial charge is 0.259 e. The number of likely N-dealkylation sites (tertiary alicyclic amines) is 1. The van der Waals surface area contributed by atoms with Crippen LogP contribution in [0, 0.1) is 0 Å². The van der Waals surface area contributed by atoms with Crippen LogP contribution in [-0.2, 0) is 16.6 Å². The molecule has 1 aromatic heterocycles. The first-order chi connectivity index (χ1) is 14.1. The first-order valence-corrected chi connectivity index (χ1v) is 10.1. The molecule has 29 heavy (non-hydrogen) atoms. The number of benzene rings is 2. The largest absolute Gasteiger partial charge is 0.395 e. The molecule has 2 aliphatic rings. The van der Waals surface area contributed by atoms with Crippen LogP contribution in [0.5, 0.6) is 0 Å². The van der Waals surface area contributed by atoms with Gasteiger partial charge in [-0.1, -0.05) is 47.1 Å². The van der Waals surface area contributed by atoms with E-state index in [1.165, 1.54) is 11.1 Å². The Morgan fingerprint density at radius 2 is 2.00 bits per heavy atom. The first-order valence-electron chi connectivity index (χ1n) is 9.71. The number of β-amino-alcohol motifs (C(OH)–C–C–N with tert-alkyl or cyclic N) is 1. The van der Waals surface area contributed by atoms with Crippen molar-refractivity contribution in [3.63, 3.8) is 0 Å². The lowest BCUT2D eigenvalue weighted by Gasteiger charge is -2.24. The molecule has 1 N–H and O–H groups in total. The van der Waals surface area contributed by atoms with Gasteiger partial charge in [0.1, 0.15) is 0 Å². The fraction of sp³-hybridized carbons (Fsp3) is 0.318. The molecular formula is C22H20ClN3O3. The minimum Gasteiger partial charge on any atom is -0.395 e. The molecule has 148 valence electrons. The molecule has 1 aliphatic heterocycles. The van der Waals surface area contributed by atoms with Gasteiger partial charge in [-0.2, -0.15) is 4.98 Å². The quantitative estimate of drug-likeness (QED) is 0.713. The van der Waals surface area contributed by atoms with Gasteiger partial charge in [0.15, 0.2) is 0 Å². The molecule has 1 fully saturated rings. The van der Waals surface area contributed by atoms with Gasteiger partial charge in [0.2, 0.25) is 11.7 Å². The third-order valence-corrected chi connectivity index (χ3v) is 6.41. The van der Waals surface area contributed by atoms with E-state index < -0.39 is 0 Å². The molecule has 5 rings (SSSR count). The lowest BCUT2D eigenvalue weighted by Crippen LogP contribution is -2.32. The zero-order valence-corrected chi connectivity index (χ0v) is 16.5. The molecule has 1 amide bonds. The molecule has 2 aromatic carbocycles. The zero-order chi connectivity index (χ0) is 20.0. The van der Waals surface area contributed by atoms with E-state index in [9.17, 15) is 9.90 Å². The summed E-state index contributed by atoms with van der Waals surface area (Å²) in [5.41, 5.74) is 3.82. The normalized spacial score (nSPS) is 20.6. The van der Waals surface area contributed by atoms with Crippen LogP contribution in [0.4, 0.5) is 0 Å². The molecule has 3 aromatic rings. The van der Waals surface area contributed by atoms with Gasteiger partial charge in [-0.25, -0.2) is 0 Å². The van der Waals surface area contributed by atoms with E-state index in [-0.39, 0.29) is 17.9 Å². The molecule has 0 radical (unpaired) electrons. The van der Waals surface area contributed by atoms with Crippen molar-refractivity contribution < 1.29 is 14.4 Å². The van der Waals surface area contributed by atoms with E-state index in [0.717, 1.165) is 18.4 Å². The monoisotopic (exact) mass is 409 g/mol. The summed E-state index contributed by atoms with van der Waals surface area (Å²) in [5, 5.41) is 14.0. The van der Waals surface area contributed by atoms with Crippen molar-refractivity contribution in [3.05, 3.63) is 58.6 Å². The number of nitrogens with zero attached hydrogens (tertiary/aromatic N) is 3. The Hall–Kier alpha value is -2.70. The minimum atomic E-state index is -0.188. The van der Waals surface area contributed by atoms with Gasteiger partial charge in [0, 0.05) is 30.5 Å². The Labute approximate surface area is 173 Å². The summed E-state index contributed by atoms with van der Waals surface area (Å²) in [6.45, 7) is 1.03. The summed E-state index contributed by atoms with van der Waals surface area (Å²) in [6.07, 6.45) is 2.25. The summed E-state index contributed by atoms with van der Waals surface area (Å²) >= 11 is 6.26. The van der Waals surface area contributed by atoms with Crippen molar-refractivity contribution in [3.8, 4) is 22.8 Å². The molecule has 2 heterocycles. The fourth-order valence-corrected chi connectivity index (χ4v) is 4.94. The highest BCUT2D eigenvalue weighted by Gasteiger charge is 2.48. The average molecular weight is 410 g/mol. The van der Waals surface area contributed by atoms with Crippen LogP contribution in [0.3, 0.4) is 0 Å². The van der Waals surface area contributed by atoms with Gasteiger partial charge >= 0.3 is 0 Å². The highest BCUT2D eigenvalue weighted by molar-refractivity contribution is 6.33. The Bertz CT molecular complexity index is 1100. The third kappa shape index (κ3) is 2.94. The van der Waals surface area contributed by atoms with E-state index in [0.29, 0.717) is 41.8 Å². The van der Waals surface area contributed by atoms with Crippen molar-refractivity contribution >= 4 is 17.5 Å². The summed E-state index contributed by atoms with van der Waals surface area (Å²) in [5.74, 6) is 1.03. The molecule has 1 saturated heterocycles. The van der Waals surface area contributed by atoms with Crippen LogP contribution >= 0.6 is 11.6 Å². The van der Waals surface area contributed by atoms with Crippen molar-refractivity contribution in [1.29, 1.82) is 0 Å². The molecule has 1 atom stereocenters. The van der Waals surface area contributed by atoms with Crippen LogP contribution < -0.4 is 0 Å². The maximum atomic E-state index is 12.4. The average Bonchev–Trinajstić information content (AvgIpc) is 3.42. The number of rotatable bonds is 4.